The van der Waals surface area contributed by atoms with Gasteiger partial charge in [0.05, 0.1) is 0 Å². The van der Waals surface area contributed by atoms with Crippen LogP contribution in [0.15, 0.2) is 40.8 Å². The third kappa shape index (κ3) is 10.2. The van der Waals surface area contributed by atoms with Gasteiger partial charge in [0.25, 0.3) is 0 Å². The number of ether oxygens (including phenoxy) is 1. The summed E-state index contributed by atoms with van der Waals surface area (Å²) in [4.78, 5) is 8.27. The molecule has 33 heavy (non-hydrogen) atoms. The molecular weight excluding hydrogens is 435 g/mol. The van der Waals surface area contributed by atoms with Crippen LogP contribution in [0.2, 0.25) is 0 Å². The molecule has 1 heterocycles. The third-order valence-electron chi connectivity index (χ3n) is 5.28. The third-order valence-corrected chi connectivity index (χ3v) is 5.28. The molecule has 0 aromatic heterocycles. The van der Waals surface area contributed by atoms with Gasteiger partial charge in [-0.3, -0.25) is 10.3 Å². The number of alkyl halides is 3. The van der Waals surface area contributed by atoms with Gasteiger partial charge in [-0.15, -0.1) is 0 Å². The molecule has 0 saturated carbocycles. The SMILES string of the molecule is C=NC(=N)/C(N)=C(\NCOCCCC(F)(F)F)NCc1ccc(CN2CCN(C)CC2)cc1. The van der Waals surface area contributed by atoms with Gasteiger partial charge in [0, 0.05) is 52.3 Å². The van der Waals surface area contributed by atoms with Crippen molar-refractivity contribution in [3.05, 3.63) is 46.9 Å². The molecule has 11 heteroatoms. The molecule has 0 radical (unpaired) electrons. The van der Waals surface area contributed by atoms with Gasteiger partial charge in [-0.2, -0.15) is 13.2 Å². The molecule has 1 fully saturated rings. The highest BCUT2D eigenvalue weighted by atomic mass is 19.4. The molecule has 0 amide bonds. The summed E-state index contributed by atoms with van der Waals surface area (Å²) in [5, 5.41) is 13.8. The Hall–Kier alpha value is -2.63. The maximum Gasteiger partial charge on any atom is 0.389 e. The molecule has 1 aromatic carbocycles. The first-order chi connectivity index (χ1) is 15.7. The highest BCUT2D eigenvalue weighted by molar-refractivity contribution is 5.98. The van der Waals surface area contributed by atoms with Crippen LogP contribution >= 0.6 is 0 Å². The lowest BCUT2D eigenvalue weighted by Crippen LogP contribution is -2.43. The number of rotatable bonds is 12. The minimum Gasteiger partial charge on any atom is -0.393 e. The number of nitrogens with zero attached hydrogens (tertiary/aromatic N) is 3. The van der Waals surface area contributed by atoms with Crippen LogP contribution in [-0.2, 0) is 17.8 Å². The van der Waals surface area contributed by atoms with E-state index >= 15 is 0 Å². The fourth-order valence-electron chi connectivity index (χ4n) is 3.24. The van der Waals surface area contributed by atoms with E-state index in [-0.39, 0.29) is 31.3 Å². The largest absolute Gasteiger partial charge is 0.393 e. The molecule has 2 rings (SSSR count). The average Bonchev–Trinajstić information content (AvgIpc) is 2.79. The number of nitrogens with two attached hydrogens (primary N) is 1. The number of aliphatic imine (C=N–C) groups is 1. The summed E-state index contributed by atoms with van der Waals surface area (Å²) in [6.45, 7) is 8.79. The van der Waals surface area contributed by atoms with E-state index in [1.165, 1.54) is 5.56 Å². The number of benzene rings is 1. The van der Waals surface area contributed by atoms with E-state index in [1.54, 1.807) is 0 Å². The van der Waals surface area contributed by atoms with Crippen molar-refractivity contribution in [2.75, 3.05) is 46.6 Å². The zero-order chi connectivity index (χ0) is 24.3. The summed E-state index contributed by atoms with van der Waals surface area (Å²) in [5.41, 5.74) is 8.24. The smallest absolute Gasteiger partial charge is 0.389 e. The van der Waals surface area contributed by atoms with E-state index in [0.717, 1.165) is 38.3 Å². The Bertz CT molecular complexity index is 788. The van der Waals surface area contributed by atoms with Crippen molar-refractivity contribution in [3.8, 4) is 0 Å². The fourth-order valence-corrected chi connectivity index (χ4v) is 3.24. The van der Waals surface area contributed by atoms with E-state index in [2.05, 4.69) is 51.3 Å². The monoisotopic (exact) mass is 469 g/mol. The van der Waals surface area contributed by atoms with Crippen molar-refractivity contribution >= 4 is 12.6 Å². The van der Waals surface area contributed by atoms with Crippen molar-refractivity contribution in [2.45, 2.75) is 32.1 Å². The van der Waals surface area contributed by atoms with Crippen molar-refractivity contribution in [2.24, 2.45) is 10.7 Å². The predicted molar refractivity (Wildman–Crippen MR) is 124 cm³/mol. The maximum absolute atomic E-state index is 12.2. The van der Waals surface area contributed by atoms with Crippen LogP contribution in [0.1, 0.15) is 24.0 Å². The first-order valence-corrected chi connectivity index (χ1v) is 10.8. The molecule has 1 saturated heterocycles. The number of likely N-dealkylation sites (N-methyl/N-ethyl adjacent to an activating group) is 1. The summed E-state index contributed by atoms with van der Waals surface area (Å²) in [6, 6.07) is 8.23. The van der Waals surface area contributed by atoms with Gasteiger partial charge in [-0.1, -0.05) is 24.3 Å². The molecular formula is C22H34F3N7O. The summed E-state index contributed by atoms with van der Waals surface area (Å²) in [5.74, 6) is 0.0920. The van der Waals surface area contributed by atoms with Crippen LogP contribution in [0, 0.1) is 5.41 Å². The molecule has 0 unspecified atom stereocenters. The van der Waals surface area contributed by atoms with Gasteiger partial charge in [0.2, 0.25) is 0 Å². The quantitative estimate of drug-likeness (QED) is 0.162. The van der Waals surface area contributed by atoms with Crippen LogP contribution in [0.3, 0.4) is 0 Å². The van der Waals surface area contributed by atoms with Gasteiger partial charge in [0.15, 0.2) is 5.84 Å². The average molecular weight is 470 g/mol. The zero-order valence-electron chi connectivity index (χ0n) is 19.0. The van der Waals surface area contributed by atoms with E-state index < -0.39 is 12.6 Å². The Kier molecular flexibility index (Phi) is 10.6. The van der Waals surface area contributed by atoms with Gasteiger partial charge < -0.3 is 26.0 Å². The molecule has 0 aliphatic carbocycles. The van der Waals surface area contributed by atoms with Gasteiger partial charge in [-0.05, 0) is 31.3 Å². The molecule has 184 valence electrons. The Labute approximate surface area is 193 Å². The van der Waals surface area contributed by atoms with Gasteiger partial charge in [-0.25, -0.2) is 4.99 Å². The predicted octanol–water partition coefficient (Wildman–Crippen LogP) is 2.24. The van der Waals surface area contributed by atoms with Crippen molar-refractivity contribution in [1.82, 2.24) is 20.4 Å². The van der Waals surface area contributed by atoms with Crippen molar-refractivity contribution < 1.29 is 17.9 Å². The Morgan fingerprint density at radius 1 is 1.15 bits per heavy atom. The summed E-state index contributed by atoms with van der Waals surface area (Å²) >= 11 is 0. The number of amidine groups is 1. The van der Waals surface area contributed by atoms with Crippen LogP contribution in [-0.4, -0.2) is 75.1 Å². The molecule has 0 atom stereocenters. The number of halogens is 3. The number of nitrogens with one attached hydrogen (secondary N) is 3. The molecule has 1 aliphatic rings. The maximum atomic E-state index is 12.2. The molecule has 0 spiro atoms. The Balaban J connectivity index is 1.84. The van der Waals surface area contributed by atoms with Crippen molar-refractivity contribution in [1.29, 1.82) is 5.41 Å². The highest BCUT2D eigenvalue weighted by Crippen LogP contribution is 2.21. The molecule has 5 N–H and O–H groups in total. The Morgan fingerprint density at radius 2 is 1.79 bits per heavy atom. The lowest BCUT2D eigenvalue weighted by molar-refractivity contribution is -0.138. The normalized spacial score (nSPS) is 16.2. The zero-order valence-corrected chi connectivity index (χ0v) is 19.0. The van der Waals surface area contributed by atoms with Gasteiger partial charge in [0.1, 0.15) is 18.2 Å². The minimum atomic E-state index is -4.20. The summed E-state index contributed by atoms with van der Waals surface area (Å²) in [6.07, 6.45) is -5.22. The summed E-state index contributed by atoms with van der Waals surface area (Å²) in [7, 11) is 2.14. The lowest BCUT2D eigenvalue weighted by atomic mass is 10.1. The molecule has 1 aromatic rings. The van der Waals surface area contributed by atoms with Crippen LogP contribution in [0.5, 0.6) is 0 Å². The number of hydrogen-bond donors (Lipinski definition) is 4. The second kappa shape index (κ2) is 13.2. The van der Waals surface area contributed by atoms with E-state index in [4.69, 9.17) is 15.9 Å². The number of piperazine rings is 1. The molecule has 1 aliphatic heterocycles. The second-order valence-corrected chi connectivity index (χ2v) is 7.99. The van der Waals surface area contributed by atoms with E-state index in [9.17, 15) is 13.2 Å². The van der Waals surface area contributed by atoms with E-state index in [0.29, 0.717) is 12.4 Å². The van der Waals surface area contributed by atoms with E-state index in [1.807, 2.05) is 12.1 Å². The van der Waals surface area contributed by atoms with Crippen LogP contribution < -0.4 is 16.4 Å². The first-order valence-electron chi connectivity index (χ1n) is 10.8. The second-order valence-electron chi connectivity index (χ2n) is 7.99. The van der Waals surface area contributed by atoms with Gasteiger partial charge >= 0.3 is 6.18 Å². The summed E-state index contributed by atoms with van der Waals surface area (Å²) < 4.78 is 41.8. The molecule has 0 bridgehead atoms. The standard InChI is InChI=1S/C22H34F3N7O/c1-28-20(27)19(26)21(30-16-33-13-3-8-22(23,24)25)29-14-17-4-6-18(7-5-17)15-32-11-9-31(2)10-12-32/h4-7,27,29-30H,1,3,8-16,26H2,2H3/b21-19+,27-20?. The lowest BCUT2D eigenvalue weighted by Gasteiger charge is -2.32. The fraction of sp³-hybridized carbons (Fsp3) is 0.545. The number of hydrogen-bond acceptors (Lipinski definition) is 7. The highest BCUT2D eigenvalue weighted by Gasteiger charge is 2.25. The molecule has 8 nitrogen and oxygen atoms in total. The van der Waals surface area contributed by atoms with Crippen LogP contribution in [0.4, 0.5) is 13.2 Å². The Morgan fingerprint density at radius 3 is 2.39 bits per heavy atom. The topological polar surface area (TPSA) is 102 Å². The van der Waals surface area contributed by atoms with Crippen LogP contribution in [0.25, 0.3) is 0 Å². The minimum absolute atomic E-state index is 0.0376. The first kappa shape index (κ1) is 26.6. The van der Waals surface area contributed by atoms with Crippen molar-refractivity contribution in [3.63, 3.8) is 0 Å².